The first-order valence-electron chi connectivity index (χ1n) is 5.61. The quantitative estimate of drug-likeness (QED) is 0.695. The fourth-order valence-electron chi connectivity index (χ4n) is 2.36. The molecule has 15 heavy (non-hydrogen) atoms. The van der Waals surface area contributed by atoms with Crippen molar-refractivity contribution in [2.75, 3.05) is 7.05 Å². The molecule has 1 aromatic rings. The Bertz CT molecular complexity index is 312. The molecule has 0 amide bonds. The molecule has 0 radical (unpaired) electrons. The number of halogens is 1. The van der Waals surface area contributed by atoms with E-state index in [0.29, 0.717) is 12.1 Å². The van der Waals surface area contributed by atoms with Crippen LogP contribution in [0.15, 0.2) is 30.3 Å². The van der Waals surface area contributed by atoms with Gasteiger partial charge in [-0.3, -0.25) is 4.90 Å². The van der Waals surface area contributed by atoms with Gasteiger partial charge in [-0.25, -0.2) is 0 Å². The van der Waals surface area contributed by atoms with Crippen LogP contribution in [0.4, 0.5) is 0 Å². The average Bonchev–Trinajstić information content (AvgIpc) is 2.60. The Kier molecular flexibility index (Phi) is 3.32. The maximum absolute atomic E-state index is 6.53. The standard InChI is InChI=1S/C13H18ClN/c1-10-8-9-12(15(10)2)13(14)11-6-4-3-5-7-11/h3-7,10,12-13H,8-9H2,1-2H3. The molecule has 1 nitrogen and oxygen atoms in total. The van der Waals surface area contributed by atoms with Crippen LogP contribution in [0.2, 0.25) is 0 Å². The van der Waals surface area contributed by atoms with Crippen molar-refractivity contribution in [1.82, 2.24) is 4.90 Å². The molecule has 1 fully saturated rings. The summed E-state index contributed by atoms with van der Waals surface area (Å²) in [5.74, 6) is 0. The minimum absolute atomic E-state index is 0.126. The normalized spacial score (nSPS) is 29.3. The Balaban J connectivity index is 2.12. The van der Waals surface area contributed by atoms with Gasteiger partial charge in [-0.15, -0.1) is 11.6 Å². The molecule has 0 saturated carbocycles. The number of hydrogen-bond acceptors (Lipinski definition) is 1. The van der Waals surface area contributed by atoms with Gasteiger partial charge in [-0.2, -0.15) is 0 Å². The summed E-state index contributed by atoms with van der Waals surface area (Å²) in [4.78, 5) is 2.41. The molecule has 1 aromatic carbocycles. The van der Waals surface area contributed by atoms with Crippen LogP contribution < -0.4 is 0 Å². The van der Waals surface area contributed by atoms with Crippen LogP contribution in [0, 0.1) is 0 Å². The first kappa shape index (κ1) is 11.0. The fourth-order valence-corrected chi connectivity index (χ4v) is 2.81. The lowest BCUT2D eigenvalue weighted by Gasteiger charge is -2.27. The predicted octanol–water partition coefficient (Wildman–Crippen LogP) is 3.45. The van der Waals surface area contributed by atoms with E-state index in [1.54, 1.807) is 0 Å². The van der Waals surface area contributed by atoms with E-state index in [2.05, 4.69) is 43.1 Å². The zero-order chi connectivity index (χ0) is 10.8. The monoisotopic (exact) mass is 223 g/mol. The van der Waals surface area contributed by atoms with E-state index in [1.807, 2.05) is 6.07 Å². The number of benzene rings is 1. The molecule has 1 heterocycles. The van der Waals surface area contributed by atoms with Gasteiger partial charge in [0.2, 0.25) is 0 Å². The molecule has 1 aliphatic heterocycles. The van der Waals surface area contributed by atoms with Crippen LogP contribution in [0.3, 0.4) is 0 Å². The first-order chi connectivity index (χ1) is 7.20. The summed E-state index contributed by atoms with van der Waals surface area (Å²) in [5, 5.41) is 0.126. The van der Waals surface area contributed by atoms with E-state index in [-0.39, 0.29) is 5.38 Å². The lowest BCUT2D eigenvalue weighted by molar-refractivity contribution is 0.247. The molecule has 1 saturated heterocycles. The second kappa shape index (κ2) is 4.54. The van der Waals surface area contributed by atoms with Gasteiger partial charge in [-0.05, 0) is 32.4 Å². The number of rotatable bonds is 2. The van der Waals surface area contributed by atoms with Crippen molar-refractivity contribution < 1.29 is 0 Å². The number of likely N-dealkylation sites (N-methyl/N-ethyl adjacent to an activating group) is 1. The summed E-state index contributed by atoms with van der Waals surface area (Å²) in [6.45, 7) is 2.27. The van der Waals surface area contributed by atoms with Crippen LogP contribution in [0.5, 0.6) is 0 Å². The fraction of sp³-hybridized carbons (Fsp3) is 0.538. The second-order valence-corrected chi connectivity index (χ2v) is 4.94. The van der Waals surface area contributed by atoms with Gasteiger partial charge >= 0.3 is 0 Å². The molecular formula is C13H18ClN. The lowest BCUT2D eigenvalue weighted by atomic mass is 10.0. The molecule has 2 heteroatoms. The molecule has 3 unspecified atom stereocenters. The molecule has 1 aliphatic rings. The molecule has 2 rings (SSSR count). The van der Waals surface area contributed by atoms with Crippen molar-refractivity contribution in [3.63, 3.8) is 0 Å². The van der Waals surface area contributed by atoms with Crippen LogP contribution in [0.25, 0.3) is 0 Å². The minimum atomic E-state index is 0.126. The van der Waals surface area contributed by atoms with Gasteiger partial charge in [0.25, 0.3) is 0 Å². The molecule has 0 bridgehead atoms. The Labute approximate surface area is 97.0 Å². The zero-order valence-electron chi connectivity index (χ0n) is 9.36. The van der Waals surface area contributed by atoms with E-state index in [9.17, 15) is 0 Å². The zero-order valence-corrected chi connectivity index (χ0v) is 10.1. The lowest BCUT2D eigenvalue weighted by Crippen LogP contribution is -2.33. The summed E-state index contributed by atoms with van der Waals surface area (Å²) in [5.41, 5.74) is 1.24. The highest BCUT2D eigenvalue weighted by molar-refractivity contribution is 6.21. The van der Waals surface area contributed by atoms with Gasteiger partial charge in [0.05, 0.1) is 5.38 Å². The van der Waals surface area contributed by atoms with E-state index in [1.165, 1.54) is 18.4 Å². The van der Waals surface area contributed by atoms with E-state index in [4.69, 9.17) is 11.6 Å². The van der Waals surface area contributed by atoms with Gasteiger partial charge in [-0.1, -0.05) is 30.3 Å². The number of nitrogens with zero attached hydrogens (tertiary/aromatic N) is 1. The number of likely N-dealkylation sites (tertiary alicyclic amines) is 1. The Hall–Kier alpha value is -0.530. The van der Waals surface area contributed by atoms with Crippen LogP contribution >= 0.6 is 11.6 Å². The maximum Gasteiger partial charge on any atom is 0.0740 e. The van der Waals surface area contributed by atoms with Crippen LogP contribution in [-0.4, -0.2) is 24.0 Å². The topological polar surface area (TPSA) is 3.24 Å². The maximum atomic E-state index is 6.53. The van der Waals surface area contributed by atoms with Crippen LogP contribution in [-0.2, 0) is 0 Å². The molecule has 3 atom stereocenters. The summed E-state index contributed by atoms with van der Waals surface area (Å²) in [6, 6.07) is 11.5. The van der Waals surface area contributed by atoms with Crippen molar-refractivity contribution in [1.29, 1.82) is 0 Å². The third-order valence-electron chi connectivity index (χ3n) is 3.55. The summed E-state index contributed by atoms with van der Waals surface area (Å²) in [7, 11) is 2.18. The minimum Gasteiger partial charge on any atom is -0.299 e. The third kappa shape index (κ3) is 2.19. The van der Waals surface area contributed by atoms with E-state index < -0.39 is 0 Å². The SMILES string of the molecule is CC1CCC(C(Cl)c2ccccc2)N1C. The van der Waals surface area contributed by atoms with Gasteiger partial charge in [0, 0.05) is 12.1 Å². The highest BCUT2D eigenvalue weighted by Crippen LogP contribution is 2.35. The molecule has 0 N–H and O–H groups in total. The van der Waals surface area contributed by atoms with E-state index in [0.717, 1.165) is 0 Å². The van der Waals surface area contributed by atoms with Crippen molar-refractivity contribution in [2.24, 2.45) is 0 Å². The Morgan fingerprint density at radius 1 is 1.27 bits per heavy atom. The van der Waals surface area contributed by atoms with Crippen molar-refractivity contribution in [3.05, 3.63) is 35.9 Å². The third-order valence-corrected chi connectivity index (χ3v) is 4.10. The molecule has 0 spiro atoms. The van der Waals surface area contributed by atoms with Gasteiger partial charge in [0.1, 0.15) is 0 Å². The molecule has 0 aromatic heterocycles. The van der Waals surface area contributed by atoms with Crippen molar-refractivity contribution in [2.45, 2.75) is 37.2 Å². The average molecular weight is 224 g/mol. The molecule has 82 valence electrons. The first-order valence-corrected chi connectivity index (χ1v) is 6.04. The van der Waals surface area contributed by atoms with E-state index >= 15 is 0 Å². The van der Waals surface area contributed by atoms with Crippen molar-refractivity contribution in [3.8, 4) is 0 Å². The summed E-state index contributed by atoms with van der Waals surface area (Å²) in [6.07, 6.45) is 2.47. The van der Waals surface area contributed by atoms with Gasteiger partial charge < -0.3 is 0 Å². The number of hydrogen-bond donors (Lipinski definition) is 0. The summed E-state index contributed by atoms with van der Waals surface area (Å²) >= 11 is 6.53. The highest BCUT2D eigenvalue weighted by atomic mass is 35.5. The van der Waals surface area contributed by atoms with Crippen molar-refractivity contribution >= 4 is 11.6 Å². The largest absolute Gasteiger partial charge is 0.299 e. The summed E-state index contributed by atoms with van der Waals surface area (Å²) < 4.78 is 0. The number of alkyl halides is 1. The Morgan fingerprint density at radius 3 is 2.47 bits per heavy atom. The highest BCUT2D eigenvalue weighted by Gasteiger charge is 2.32. The van der Waals surface area contributed by atoms with Crippen LogP contribution in [0.1, 0.15) is 30.7 Å². The molecular weight excluding hydrogens is 206 g/mol. The smallest absolute Gasteiger partial charge is 0.0740 e. The second-order valence-electron chi connectivity index (χ2n) is 4.47. The predicted molar refractivity (Wildman–Crippen MR) is 65.3 cm³/mol. The van der Waals surface area contributed by atoms with Gasteiger partial charge in [0.15, 0.2) is 0 Å². The molecule has 0 aliphatic carbocycles. The Morgan fingerprint density at radius 2 is 1.93 bits per heavy atom.